The number of para-hydroxylation sites is 1. The Morgan fingerprint density at radius 2 is 1.72 bits per heavy atom. The van der Waals surface area contributed by atoms with Crippen LogP contribution in [0.3, 0.4) is 0 Å². The van der Waals surface area contributed by atoms with Crippen LogP contribution in [0.4, 0.5) is 5.69 Å². The molecule has 0 saturated heterocycles. The molecule has 0 fully saturated rings. The molecule has 0 amide bonds. The average molecular weight is 262 g/mol. The smallest absolute Gasteiger partial charge is 0.265 e. The van der Waals surface area contributed by atoms with Gasteiger partial charge in [0.25, 0.3) is 10.0 Å². The molecule has 0 bridgehead atoms. The van der Waals surface area contributed by atoms with Crippen molar-refractivity contribution in [1.29, 1.82) is 0 Å². The fraction of sp³-hybridized carbons (Fsp3) is 0.154. The Morgan fingerprint density at radius 1 is 1.06 bits per heavy atom. The van der Waals surface area contributed by atoms with Gasteiger partial charge in [0.15, 0.2) is 0 Å². The van der Waals surface area contributed by atoms with E-state index < -0.39 is 10.0 Å². The van der Waals surface area contributed by atoms with Gasteiger partial charge in [-0.15, -0.1) is 0 Å². The van der Waals surface area contributed by atoms with Crippen LogP contribution in [0, 0.1) is 6.92 Å². The highest BCUT2D eigenvalue weighted by molar-refractivity contribution is 7.92. The number of benzene rings is 1. The Balaban J connectivity index is 2.40. The zero-order valence-corrected chi connectivity index (χ0v) is 11.1. The zero-order valence-electron chi connectivity index (χ0n) is 10.2. The summed E-state index contributed by atoms with van der Waals surface area (Å²) in [6.07, 6.45) is 1.38. The molecule has 1 aromatic carbocycles. The maximum atomic E-state index is 12.3. The topological polar surface area (TPSA) is 50.3 Å². The van der Waals surface area contributed by atoms with E-state index in [0.717, 1.165) is 5.69 Å². The third-order valence-corrected chi connectivity index (χ3v) is 4.43. The van der Waals surface area contributed by atoms with E-state index in [2.05, 4.69) is 4.98 Å². The lowest BCUT2D eigenvalue weighted by atomic mass is 10.3. The minimum Gasteiger partial charge on any atom is -0.269 e. The average Bonchev–Trinajstić information content (AvgIpc) is 2.39. The molecule has 2 aromatic rings. The van der Waals surface area contributed by atoms with Gasteiger partial charge in [-0.05, 0) is 31.2 Å². The van der Waals surface area contributed by atoms with Crippen molar-refractivity contribution in [3.05, 3.63) is 54.4 Å². The number of pyridine rings is 1. The number of hydrogen-bond acceptors (Lipinski definition) is 3. The van der Waals surface area contributed by atoms with E-state index in [1.807, 2.05) is 13.0 Å². The summed E-state index contributed by atoms with van der Waals surface area (Å²) >= 11 is 0. The second kappa shape index (κ2) is 4.78. The molecule has 18 heavy (non-hydrogen) atoms. The maximum Gasteiger partial charge on any atom is 0.265 e. The van der Waals surface area contributed by atoms with Gasteiger partial charge in [-0.1, -0.05) is 18.2 Å². The fourth-order valence-corrected chi connectivity index (χ4v) is 2.68. The van der Waals surface area contributed by atoms with Gasteiger partial charge in [0.05, 0.1) is 5.69 Å². The van der Waals surface area contributed by atoms with Crippen LogP contribution in [-0.4, -0.2) is 20.4 Å². The number of sulfonamides is 1. The molecule has 0 aliphatic rings. The number of hydrogen-bond donors (Lipinski definition) is 0. The molecule has 4 nitrogen and oxygen atoms in total. The number of aryl methyl sites for hydroxylation is 1. The first kappa shape index (κ1) is 12.6. The van der Waals surface area contributed by atoms with Crippen molar-refractivity contribution >= 4 is 15.7 Å². The summed E-state index contributed by atoms with van der Waals surface area (Å²) in [5.74, 6) is 0. The van der Waals surface area contributed by atoms with Crippen LogP contribution < -0.4 is 4.31 Å². The molecule has 0 radical (unpaired) electrons. The quantitative estimate of drug-likeness (QED) is 0.852. The van der Waals surface area contributed by atoms with Gasteiger partial charge in [-0.3, -0.25) is 9.29 Å². The maximum absolute atomic E-state index is 12.3. The Labute approximate surface area is 107 Å². The van der Waals surface area contributed by atoms with E-state index in [1.54, 1.807) is 36.4 Å². The summed E-state index contributed by atoms with van der Waals surface area (Å²) in [5.41, 5.74) is 1.41. The van der Waals surface area contributed by atoms with Crippen molar-refractivity contribution in [2.45, 2.75) is 11.8 Å². The molecular formula is C13H14N2O2S. The molecule has 2 rings (SSSR count). The second-order valence-electron chi connectivity index (χ2n) is 3.94. The van der Waals surface area contributed by atoms with Crippen molar-refractivity contribution in [2.24, 2.45) is 0 Å². The van der Waals surface area contributed by atoms with Crippen LogP contribution in [0.15, 0.2) is 53.6 Å². The highest BCUT2D eigenvalue weighted by atomic mass is 32.2. The Kier molecular flexibility index (Phi) is 3.34. The monoisotopic (exact) mass is 262 g/mol. The van der Waals surface area contributed by atoms with E-state index in [9.17, 15) is 8.42 Å². The molecule has 0 spiro atoms. The number of nitrogens with zero attached hydrogens (tertiary/aromatic N) is 2. The normalized spacial score (nSPS) is 11.2. The van der Waals surface area contributed by atoms with Crippen molar-refractivity contribution in [2.75, 3.05) is 11.4 Å². The van der Waals surface area contributed by atoms with E-state index >= 15 is 0 Å². The summed E-state index contributed by atoms with van der Waals surface area (Å²) in [7, 11) is -2.01. The van der Waals surface area contributed by atoms with E-state index in [0.29, 0.717) is 5.69 Å². The van der Waals surface area contributed by atoms with Crippen LogP contribution in [-0.2, 0) is 10.0 Å². The summed E-state index contributed by atoms with van der Waals surface area (Å²) in [4.78, 5) is 4.21. The van der Waals surface area contributed by atoms with E-state index in [-0.39, 0.29) is 4.90 Å². The van der Waals surface area contributed by atoms with Gasteiger partial charge in [-0.25, -0.2) is 8.42 Å². The Morgan fingerprint density at radius 3 is 2.28 bits per heavy atom. The van der Waals surface area contributed by atoms with Gasteiger partial charge < -0.3 is 0 Å². The SMILES string of the molecule is Cc1ccc(S(=O)(=O)N(C)c2ccccc2)cn1. The molecule has 0 N–H and O–H groups in total. The standard InChI is InChI=1S/C13H14N2O2S/c1-11-8-9-13(10-14-11)18(16,17)15(2)12-6-4-3-5-7-12/h3-10H,1-2H3. The van der Waals surface area contributed by atoms with Crippen LogP contribution in [0.2, 0.25) is 0 Å². The Bertz CT molecular complexity index is 622. The van der Waals surface area contributed by atoms with Gasteiger partial charge in [0.2, 0.25) is 0 Å². The molecule has 0 unspecified atom stereocenters. The summed E-state index contributed by atoms with van der Waals surface area (Å²) in [6, 6.07) is 12.2. The lowest BCUT2D eigenvalue weighted by Gasteiger charge is -2.19. The van der Waals surface area contributed by atoms with Crippen molar-refractivity contribution in [1.82, 2.24) is 4.98 Å². The predicted octanol–water partition coefficient (Wildman–Crippen LogP) is 2.22. The van der Waals surface area contributed by atoms with Gasteiger partial charge in [0, 0.05) is 18.9 Å². The highest BCUT2D eigenvalue weighted by Gasteiger charge is 2.21. The van der Waals surface area contributed by atoms with Crippen molar-refractivity contribution in [3.8, 4) is 0 Å². The molecule has 0 aliphatic heterocycles. The van der Waals surface area contributed by atoms with Crippen LogP contribution in [0.1, 0.15) is 5.69 Å². The van der Waals surface area contributed by atoms with Gasteiger partial charge in [-0.2, -0.15) is 0 Å². The minimum atomic E-state index is -3.54. The first-order valence-electron chi connectivity index (χ1n) is 5.48. The molecule has 94 valence electrons. The van der Waals surface area contributed by atoms with Crippen molar-refractivity contribution in [3.63, 3.8) is 0 Å². The third kappa shape index (κ3) is 2.36. The molecule has 5 heteroatoms. The van der Waals surface area contributed by atoms with Crippen molar-refractivity contribution < 1.29 is 8.42 Å². The van der Waals surface area contributed by atoms with Crippen LogP contribution >= 0.6 is 0 Å². The van der Waals surface area contributed by atoms with Crippen LogP contribution in [0.5, 0.6) is 0 Å². The molecular weight excluding hydrogens is 248 g/mol. The van der Waals surface area contributed by atoms with Gasteiger partial charge in [0.1, 0.15) is 4.90 Å². The minimum absolute atomic E-state index is 0.194. The fourth-order valence-electron chi connectivity index (χ4n) is 1.54. The zero-order chi connectivity index (χ0) is 13.2. The lowest BCUT2D eigenvalue weighted by molar-refractivity contribution is 0.594. The molecule has 1 aromatic heterocycles. The molecule has 0 saturated carbocycles. The van der Waals surface area contributed by atoms with Crippen LogP contribution in [0.25, 0.3) is 0 Å². The summed E-state index contributed by atoms with van der Waals surface area (Å²) < 4.78 is 25.9. The predicted molar refractivity (Wildman–Crippen MR) is 71.0 cm³/mol. The first-order valence-corrected chi connectivity index (χ1v) is 6.92. The third-order valence-electron chi connectivity index (χ3n) is 2.66. The molecule has 0 aliphatic carbocycles. The highest BCUT2D eigenvalue weighted by Crippen LogP contribution is 2.20. The van der Waals surface area contributed by atoms with E-state index in [4.69, 9.17) is 0 Å². The number of aromatic nitrogens is 1. The summed E-state index contributed by atoms with van der Waals surface area (Å²) in [6.45, 7) is 1.82. The van der Waals surface area contributed by atoms with Gasteiger partial charge >= 0.3 is 0 Å². The second-order valence-corrected chi connectivity index (χ2v) is 5.91. The molecule has 0 atom stereocenters. The first-order chi connectivity index (χ1) is 8.51. The Hall–Kier alpha value is -1.88. The molecule has 1 heterocycles. The number of anilines is 1. The number of rotatable bonds is 3. The largest absolute Gasteiger partial charge is 0.269 e. The lowest BCUT2D eigenvalue weighted by Crippen LogP contribution is -2.26. The van der Waals surface area contributed by atoms with E-state index in [1.165, 1.54) is 17.5 Å². The summed E-state index contributed by atoms with van der Waals surface area (Å²) in [5, 5.41) is 0.